The monoisotopic (exact) mass is 479 g/mol. The quantitative estimate of drug-likeness (QED) is 0.506. The first-order chi connectivity index (χ1) is 16.1. The highest BCUT2D eigenvalue weighted by Crippen LogP contribution is 2.25. The van der Waals surface area contributed by atoms with Gasteiger partial charge in [0.15, 0.2) is 0 Å². The third kappa shape index (κ3) is 5.63. The third-order valence-electron chi connectivity index (χ3n) is 5.55. The van der Waals surface area contributed by atoms with Crippen molar-refractivity contribution in [2.24, 2.45) is 0 Å². The smallest absolute Gasteiger partial charge is 0.264 e. The highest BCUT2D eigenvalue weighted by molar-refractivity contribution is 7.92. The fourth-order valence-corrected chi connectivity index (χ4v) is 4.97. The van der Waals surface area contributed by atoms with E-state index in [0.29, 0.717) is 22.5 Å². The summed E-state index contributed by atoms with van der Waals surface area (Å²) in [5.74, 6) is -0.600. The fourth-order valence-electron chi connectivity index (χ4n) is 3.50. The second kappa shape index (κ2) is 10.5. The molecule has 0 radical (unpaired) electrons. The molecule has 2 amide bonds. The van der Waals surface area contributed by atoms with Crippen molar-refractivity contribution in [1.29, 1.82) is 0 Å². The summed E-state index contributed by atoms with van der Waals surface area (Å²) in [6.45, 7) is 5.52. The summed E-state index contributed by atoms with van der Waals surface area (Å²) in [6.07, 6.45) is -0.0669. The van der Waals surface area contributed by atoms with E-state index in [-0.39, 0.29) is 29.7 Å². The molecule has 3 aromatic carbocycles. The van der Waals surface area contributed by atoms with Crippen molar-refractivity contribution >= 4 is 33.2 Å². The van der Waals surface area contributed by atoms with E-state index in [9.17, 15) is 18.0 Å². The van der Waals surface area contributed by atoms with Gasteiger partial charge in [0.25, 0.3) is 15.9 Å². The van der Waals surface area contributed by atoms with Crippen LogP contribution in [0.15, 0.2) is 71.6 Å². The number of aryl methyl sites for hydroxylation is 2. The van der Waals surface area contributed by atoms with E-state index in [2.05, 4.69) is 10.6 Å². The maximum atomic E-state index is 13.5. The third-order valence-corrected chi connectivity index (χ3v) is 7.39. The lowest BCUT2D eigenvalue weighted by Crippen LogP contribution is -2.34. The van der Waals surface area contributed by atoms with E-state index < -0.39 is 10.0 Å². The summed E-state index contributed by atoms with van der Waals surface area (Å²) in [5, 5.41) is 5.38. The first-order valence-electron chi connectivity index (χ1n) is 10.9. The number of hydrogen-bond donors (Lipinski definition) is 2. The first-order valence-corrected chi connectivity index (χ1v) is 12.3. The molecular weight excluding hydrogens is 450 g/mol. The zero-order valence-corrected chi connectivity index (χ0v) is 20.6. The number of carbonyl (C=O) groups excluding carboxylic acids is 2. The normalized spacial score (nSPS) is 11.1. The van der Waals surface area contributed by atoms with Crippen molar-refractivity contribution in [1.82, 2.24) is 5.32 Å². The molecule has 0 saturated carbocycles. The number of carbonyl (C=O) groups is 2. The minimum atomic E-state index is -3.88. The molecule has 0 aliphatic rings. The van der Waals surface area contributed by atoms with Gasteiger partial charge in [0.2, 0.25) is 5.91 Å². The Balaban J connectivity index is 1.84. The number of hydrogen-bond acceptors (Lipinski definition) is 4. The van der Waals surface area contributed by atoms with Gasteiger partial charge in [-0.05, 0) is 62.7 Å². The van der Waals surface area contributed by atoms with Crippen LogP contribution >= 0.6 is 0 Å². The molecular formula is C26H29N3O4S. The molecule has 3 rings (SSSR count). The van der Waals surface area contributed by atoms with Crippen LogP contribution in [-0.4, -0.2) is 33.8 Å². The lowest BCUT2D eigenvalue weighted by molar-refractivity contribution is -0.116. The van der Waals surface area contributed by atoms with Gasteiger partial charge in [-0.25, -0.2) is 8.42 Å². The van der Waals surface area contributed by atoms with Gasteiger partial charge in [0, 0.05) is 31.3 Å². The minimum Gasteiger partial charge on any atom is -0.355 e. The highest BCUT2D eigenvalue weighted by Gasteiger charge is 2.25. The molecule has 7 nitrogen and oxygen atoms in total. The summed E-state index contributed by atoms with van der Waals surface area (Å²) < 4.78 is 28.2. The average Bonchev–Trinajstić information content (AvgIpc) is 2.81. The molecule has 0 spiro atoms. The molecule has 0 aliphatic heterocycles. The van der Waals surface area contributed by atoms with E-state index in [4.69, 9.17) is 0 Å². The lowest BCUT2D eigenvalue weighted by atomic mass is 10.1. The van der Waals surface area contributed by atoms with Gasteiger partial charge in [-0.1, -0.05) is 41.5 Å². The molecule has 8 heteroatoms. The Bertz CT molecular complexity index is 1280. The van der Waals surface area contributed by atoms with Crippen molar-refractivity contribution in [2.75, 3.05) is 23.2 Å². The van der Waals surface area contributed by atoms with Gasteiger partial charge < -0.3 is 10.6 Å². The molecule has 0 fully saturated rings. The predicted octanol–water partition coefficient (Wildman–Crippen LogP) is 4.20. The molecule has 2 N–H and O–H groups in total. The van der Waals surface area contributed by atoms with Crippen LogP contribution < -0.4 is 14.9 Å². The number of rotatable bonds is 8. The first kappa shape index (κ1) is 25.0. The second-order valence-corrected chi connectivity index (χ2v) is 9.94. The van der Waals surface area contributed by atoms with Crippen LogP contribution in [0.1, 0.15) is 33.5 Å². The summed E-state index contributed by atoms with van der Waals surface area (Å²) in [5.41, 5.74) is 4.04. The van der Waals surface area contributed by atoms with E-state index in [1.807, 2.05) is 26.0 Å². The van der Waals surface area contributed by atoms with E-state index in [1.165, 1.54) is 4.31 Å². The Morgan fingerprint density at radius 2 is 1.44 bits per heavy atom. The molecule has 0 unspecified atom stereocenters. The number of sulfonamides is 1. The van der Waals surface area contributed by atoms with E-state index in [0.717, 1.165) is 11.1 Å². The van der Waals surface area contributed by atoms with Gasteiger partial charge in [-0.2, -0.15) is 0 Å². The zero-order valence-electron chi connectivity index (χ0n) is 19.8. The molecule has 0 bridgehead atoms. The fraction of sp³-hybridized carbons (Fsp3) is 0.231. The highest BCUT2D eigenvalue weighted by atomic mass is 32.2. The topological polar surface area (TPSA) is 95.6 Å². The summed E-state index contributed by atoms with van der Waals surface area (Å²) in [6, 6.07) is 18.8. The van der Waals surface area contributed by atoms with Gasteiger partial charge in [0.1, 0.15) is 0 Å². The summed E-state index contributed by atoms with van der Waals surface area (Å²) in [7, 11) is -2.34. The van der Waals surface area contributed by atoms with Crippen molar-refractivity contribution < 1.29 is 18.0 Å². The van der Waals surface area contributed by atoms with Crippen LogP contribution in [0.3, 0.4) is 0 Å². The van der Waals surface area contributed by atoms with Crippen LogP contribution in [-0.2, 0) is 14.8 Å². The van der Waals surface area contributed by atoms with Crippen molar-refractivity contribution in [3.05, 3.63) is 89.0 Å². The van der Waals surface area contributed by atoms with Crippen LogP contribution in [0, 0.1) is 20.8 Å². The Labute approximate surface area is 200 Å². The van der Waals surface area contributed by atoms with Crippen LogP contribution in [0.25, 0.3) is 0 Å². The average molecular weight is 480 g/mol. The Morgan fingerprint density at radius 1 is 0.853 bits per heavy atom. The number of benzene rings is 3. The number of nitrogens with zero attached hydrogens (tertiary/aromatic N) is 1. The standard InChI is InChI=1S/C26H29N3O4S/c1-18-8-12-21(13-9-18)29(34(32,33)22-14-10-19(2)11-15-22)17-16-25(30)28-24-7-5-6-23(20(24)3)26(31)27-4/h5-15H,16-17H2,1-4H3,(H,27,31)(H,28,30). The minimum absolute atomic E-state index is 0.0424. The van der Waals surface area contributed by atoms with E-state index >= 15 is 0 Å². The Hall–Kier alpha value is -3.65. The number of nitrogens with one attached hydrogen (secondary N) is 2. The number of amides is 2. The van der Waals surface area contributed by atoms with Crippen LogP contribution in [0.4, 0.5) is 11.4 Å². The van der Waals surface area contributed by atoms with Gasteiger partial charge in [0.05, 0.1) is 10.6 Å². The largest absolute Gasteiger partial charge is 0.355 e. The molecule has 0 heterocycles. The van der Waals surface area contributed by atoms with Crippen LogP contribution in [0.2, 0.25) is 0 Å². The maximum absolute atomic E-state index is 13.5. The number of anilines is 2. The molecule has 178 valence electrons. The Morgan fingerprint density at radius 3 is 2.03 bits per heavy atom. The van der Waals surface area contributed by atoms with Gasteiger partial charge >= 0.3 is 0 Å². The summed E-state index contributed by atoms with van der Waals surface area (Å²) >= 11 is 0. The molecule has 0 aliphatic carbocycles. The predicted molar refractivity (Wildman–Crippen MR) is 135 cm³/mol. The molecule has 0 atom stereocenters. The van der Waals surface area contributed by atoms with Crippen LogP contribution in [0.5, 0.6) is 0 Å². The molecule has 34 heavy (non-hydrogen) atoms. The summed E-state index contributed by atoms with van der Waals surface area (Å²) in [4.78, 5) is 25.0. The SMILES string of the molecule is CNC(=O)c1cccc(NC(=O)CCN(c2ccc(C)cc2)S(=O)(=O)c2ccc(C)cc2)c1C. The maximum Gasteiger partial charge on any atom is 0.264 e. The van der Waals surface area contributed by atoms with Gasteiger partial charge in [-0.15, -0.1) is 0 Å². The molecule has 3 aromatic rings. The lowest BCUT2D eigenvalue weighted by Gasteiger charge is -2.25. The van der Waals surface area contributed by atoms with Crippen molar-refractivity contribution in [3.63, 3.8) is 0 Å². The second-order valence-electron chi connectivity index (χ2n) is 8.08. The molecule has 0 saturated heterocycles. The van der Waals surface area contributed by atoms with Crippen molar-refractivity contribution in [3.8, 4) is 0 Å². The Kier molecular flexibility index (Phi) is 7.73. The zero-order chi connectivity index (χ0) is 24.9. The van der Waals surface area contributed by atoms with Crippen molar-refractivity contribution in [2.45, 2.75) is 32.1 Å². The van der Waals surface area contributed by atoms with E-state index in [1.54, 1.807) is 68.6 Å². The van der Waals surface area contributed by atoms with Gasteiger partial charge in [-0.3, -0.25) is 13.9 Å². The molecule has 0 aromatic heterocycles.